The highest BCUT2D eigenvalue weighted by Crippen LogP contribution is 2.39. The fourth-order valence-electron chi connectivity index (χ4n) is 2.07. The molecular weight excluding hydrogens is 310 g/mol. The molecule has 3 heterocycles. The van der Waals surface area contributed by atoms with Crippen LogP contribution in [0.1, 0.15) is 20.3 Å². The molecule has 0 spiro atoms. The number of aromatic nitrogens is 2. The molecule has 0 unspecified atom stereocenters. The van der Waals surface area contributed by atoms with Crippen LogP contribution in [-0.4, -0.2) is 15.9 Å². The van der Waals surface area contributed by atoms with Gasteiger partial charge in [0.25, 0.3) is 0 Å². The lowest BCUT2D eigenvalue weighted by atomic mass is 10.1. The van der Waals surface area contributed by atoms with E-state index in [1.165, 1.54) is 11.3 Å². The molecule has 1 amide bonds. The lowest BCUT2D eigenvalue weighted by Gasteiger charge is -2.06. The fourth-order valence-corrected chi connectivity index (χ4v) is 3.05. The Morgan fingerprint density at radius 2 is 2.13 bits per heavy atom. The minimum absolute atomic E-state index is 0.0199. The molecule has 1 N–H and O–H groups in total. The van der Waals surface area contributed by atoms with E-state index in [0.717, 1.165) is 22.6 Å². The van der Waals surface area contributed by atoms with E-state index in [0.29, 0.717) is 10.9 Å². The van der Waals surface area contributed by atoms with Gasteiger partial charge in [-0.25, -0.2) is 4.98 Å². The Balaban J connectivity index is 1.99. The van der Waals surface area contributed by atoms with Crippen LogP contribution >= 0.6 is 11.3 Å². The number of anilines is 1. The number of carbonyl (C=O) groups excluding carboxylic acids is 1. The molecule has 0 aliphatic heterocycles. The van der Waals surface area contributed by atoms with Crippen molar-refractivity contribution in [1.82, 2.24) is 9.97 Å². The van der Waals surface area contributed by atoms with Crippen LogP contribution < -0.4 is 5.32 Å². The van der Waals surface area contributed by atoms with Crippen LogP contribution in [0.3, 0.4) is 0 Å². The predicted molar refractivity (Wildman–Crippen MR) is 91.1 cm³/mol. The summed E-state index contributed by atoms with van der Waals surface area (Å²) in [5, 5.41) is 3.47. The van der Waals surface area contributed by atoms with Crippen molar-refractivity contribution in [3.05, 3.63) is 42.9 Å². The number of carbonyl (C=O) groups is 1. The molecule has 0 radical (unpaired) electrons. The van der Waals surface area contributed by atoms with E-state index >= 15 is 0 Å². The van der Waals surface area contributed by atoms with Crippen LogP contribution in [0, 0.1) is 5.92 Å². The molecule has 1 atom stereocenters. The van der Waals surface area contributed by atoms with Crippen molar-refractivity contribution < 1.29 is 9.21 Å². The van der Waals surface area contributed by atoms with E-state index in [1.54, 1.807) is 18.7 Å². The lowest BCUT2D eigenvalue weighted by Crippen LogP contribution is -2.19. The summed E-state index contributed by atoms with van der Waals surface area (Å²) in [4.78, 5) is 21.7. The van der Waals surface area contributed by atoms with Crippen molar-refractivity contribution in [3.63, 3.8) is 0 Å². The Morgan fingerprint density at radius 1 is 1.35 bits per heavy atom. The minimum Gasteiger partial charge on any atom is -0.463 e. The molecule has 0 saturated carbocycles. The van der Waals surface area contributed by atoms with Crippen molar-refractivity contribution >= 4 is 22.4 Å². The second-order valence-corrected chi connectivity index (χ2v) is 6.21. The zero-order chi connectivity index (χ0) is 16.2. The van der Waals surface area contributed by atoms with Gasteiger partial charge in [-0.05, 0) is 36.2 Å². The molecule has 0 bridgehead atoms. The van der Waals surface area contributed by atoms with Crippen LogP contribution in [-0.2, 0) is 4.79 Å². The first-order valence-corrected chi connectivity index (χ1v) is 8.26. The molecule has 0 saturated heterocycles. The van der Waals surface area contributed by atoms with Crippen molar-refractivity contribution in [3.8, 4) is 21.9 Å². The highest BCUT2D eigenvalue weighted by Gasteiger charge is 2.19. The molecule has 5 nitrogen and oxygen atoms in total. The van der Waals surface area contributed by atoms with Gasteiger partial charge in [0, 0.05) is 18.3 Å². The molecule has 0 fully saturated rings. The molecule has 0 aliphatic carbocycles. The molecule has 23 heavy (non-hydrogen) atoms. The number of thiazole rings is 1. The number of pyridine rings is 1. The SMILES string of the molecule is CC[C@@H](C)C(=O)Nc1nc(-c2ccco2)c(-c2ccncc2)s1. The van der Waals surface area contributed by atoms with Crippen LogP contribution in [0.2, 0.25) is 0 Å². The fraction of sp³-hybridized carbons (Fsp3) is 0.235. The third-order valence-electron chi connectivity index (χ3n) is 3.61. The summed E-state index contributed by atoms with van der Waals surface area (Å²) in [6.45, 7) is 3.89. The van der Waals surface area contributed by atoms with Gasteiger partial charge in [-0.3, -0.25) is 9.78 Å². The largest absolute Gasteiger partial charge is 0.463 e. The van der Waals surface area contributed by atoms with E-state index in [9.17, 15) is 4.79 Å². The van der Waals surface area contributed by atoms with Crippen molar-refractivity contribution in [1.29, 1.82) is 0 Å². The number of hydrogen-bond donors (Lipinski definition) is 1. The second kappa shape index (κ2) is 6.75. The number of hydrogen-bond acceptors (Lipinski definition) is 5. The van der Waals surface area contributed by atoms with E-state index in [1.807, 2.05) is 38.1 Å². The number of nitrogens with zero attached hydrogens (tertiary/aromatic N) is 2. The van der Waals surface area contributed by atoms with Crippen LogP contribution in [0.4, 0.5) is 5.13 Å². The maximum absolute atomic E-state index is 12.1. The summed E-state index contributed by atoms with van der Waals surface area (Å²) in [5.74, 6) is 0.612. The van der Waals surface area contributed by atoms with Gasteiger partial charge in [-0.2, -0.15) is 0 Å². The van der Waals surface area contributed by atoms with Crippen molar-refractivity contribution in [2.45, 2.75) is 20.3 Å². The zero-order valence-electron chi connectivity index (χ0n) is 12.9. The van der Waals surface area contributed by atoms with E-state index < -0.39 is 0 Å². The van der Waals surface area contributed by atoms with Crippen LogP contribution in [0.5, 0.6) is 0 Å². The summed E-state index contributed by atoms with van der Waals surface area (Å²) in [6.07, 6.45) is 5.87. The van der Waals surface area contributed by atoms with Gasteiger partial charge in [0.15, 0.2) is 10.9 Å². The summed E-state index contributed by atoms with van der Waals surface area (Å²) in [7, 11) is 0. The first-order valence-electron chi connectivity index (χ1n) is 7.45. The zero-order valence-corrected chi connectivity index (χ0v) is 13.8. The minimum atomic E-state index is -0.0460. The predicted octanol–water partition coefficient (Wildman–Crippen LogP) is 4.45. The quantitative estimate of drug-likeness (QED) is 0.751. The number of furan rings is 1. The Hall–Kier alpha value is -2.47. The average molecular weight is 327 g/mol. The molecule has 3 aromatic heterocycles. The summed E-state index contributed by atoms with van der Waals surface area (Å²) in [5.41, 5.74) is 1.72. The van der Waals surface area contributed by atoms with Gasteiger partial charge >= 0.3 is 0 Å². The van der Waals surface area contributed by atoms with Gasteiger partial charge in [-0.15, -0.1) is 0 Å². The summed E-state index contributed by atoms with van der Waals surface area (Å²) in [6, 6.07) is 7.52. The lowest BCUT2D eigenvalue weighted by molar-refractivity contribution is -0.119. The van der Waals surface area contributed by atoms with Crippen molar-refractivity contribution in [2.24, 2.45) is 5.92 Å². The molecule has 118 valence electrons. The van der Waals surface area contributed by atoms with E-state index in [2.05, 4.69) is 15.3 Å². The van der Waals surface area contributed by atoms with Gasteiger partial charge in [-0.1, -0.05) is 25.2 Å². The van der Waals surface area contributed by atoms with Gasteiger partial charge in [0.1, 0.15) is 5.69 Å². The number of nitrogens with one attached hydrogen (secondary N) is 1. The van der Waals surface area contributed by atoms with Crippen molar-refractivity contribution in [2.75, 3.05) is 5.32 Å². The number of rotatable bonds is 5. The Kier molecular flexibility index (Phi) is 4.52. The van der Waals surface area contributed by atoms with Crippen LogP contribution in [0.15, 0.2) is 47.3 Å². The summed E-state index contributed by atoms with van der Waals surface area (Å²) < 4.78 is 5.48. The van der Waals surface area contributed by atoms with E-state index in [-0.39, 0.29) is 11.8 Å². The first kappa shape index (κ1) is 15.4. The summed E-state index contributed by atoms with van der Waals surface area (Å²) >= 11 is 1.44. The third kappa shape index (κ3) is 3.32. The molecule has 3 rings (SSSR count). The standard InChI is InChI=1S/C17H17N3O2S/c1-3-11(2)16(21)20-17-19-14(13-5-4-10-22-13)15(23-17)12-6-8-18-9-7-12/h4-11H,3H2,1-2H3,(H,19,20,21)/t11-/m1/s1. The maximum Gasteiger partial charge on any atom is 0.228 e. The molecule has 6 heteroatoms. The Bertz CT molecular complexity index is 782. The van der Waals surface area contributed by atoms with Gasteiger partial charge in [0.2, 0.25) is 5.91 Å². The smallest absolute Gasteiger partial charge is 0.228 e. The normalized spacial score (nSPS) is 12.1. The third-order valence-corrected chi connectivity index (χ3v) is 4.63. The molecule has 0 aromatic carbocycles. The Morgan fingerprint density at radius 3 is 2.78 bits per heavy atom. The maximum atomic E-state index is 12.1. The molecular formula is C17H17N3O2S. The van der Waals surface area contributed by atoms with E-state index in [4.69, 9.17) is 4.42 Å². The topological polar surface area (TPSA) is 68.0 Å². The Labute approximate surface area is 138 Å². The average Bonchev–Trinajstić information content (AvgIpc) is 3.24. The van der Waals surface area contributed by atoms with Crippen LogP contribution in [0.25, 0.3) is 21.9 Å². The monoisotopic (exact) mass is 327 g/mol. The van der Waals surface area contributed by atoms with Gasteiger partial charge < -0.3 is 9.73 Å². The first-order chi connectivity index (χ1) is 11.2. The second-order valence-electron chi connectivity index (χ2n) is 5.21. The molecule has 3 aromatic rings. The highest BCUT2D eigenvalue weighted by molar-refractivity contribution is 7.19. The van der Waals surface area contributed by atoms with Gasteiger partial charge in [0.05, 0.1) is 11.1 Å². The highest BCUT2D eigenvalue weighted by atomic mass is 32.1. The number of amides is 1. The molecule has 0 aliphatic rings.